The van der Waals surface area contributed by atoms with Crippen LogP contribution < -0.4 is 5.32 Å². The molecule has 0 aromatic carbocycles. The number of nitrogens with zero attached hydrogens (tertiary/aromatic N) is 2. The van der Waals surface area contributed by atoms with Crippen LogP contribution in [0.25, 0.3) is 0 Å². The third-order valence-electron chi connectivity index (χ3n) is 3.53. The van der Waals surface area contributed by atoms with Crippen molar-refractivity contribution in [1.29, 1.82) is 0 Å². The Morgan fingerprint density at radius 3 is 2.75 bits per heavy atom. The molecule has 1 fully saturated rings. The normalized spacial score (nSPS) is 16.9. The lowest BCUT2D eigenvalue weighted by Crippen LogP contribution is -2.32. The van der Waals surface area contributed by atoms with Crippen LogP contribution >= 0.6 is 0 Å². The van der Waals surface area contributed by atoms with Crippen LogP contribution in [0.2, 0.25) is 0 Å². The molecule has 0 atom stereocenters. The Balaban J connectivity index is 1.90. The predicted octanol–water partition coefficient (Wildman–Crippen LogP) is 3.41. The zero-order valence-electron chi connectivity index (χ0n) is 12.7. The Kier molecular flexibility index (Phi) is 4.68. The molecule has 1 aromatic rings. The predicted molar refractivity (Wildman–Crippen MR) is 77.4 cm³/mol. The Morgan fingerprint density at radius 1 is 1.40 bits per heavy atom. The molecule has 5 heteroatoms. The molecule has 2 rings (SSSR count). The third-order valence-corrected chi connectivity index (χ3v) is 3.53. The fourth-order valence-electron chi connectivity index (χ4n) is 2.63. The van der Waals surface area contributed by atoms with E-state index in [-0.39, 0.29) is 6.09 Å². The summed E-state index contributed by atoms with van der Waals surface area (Å²) in [4.78, 5) is 15.9. The van der Waals surface area contributed by atoms with Crippen molar-refractivity contribution < 1.29 is 9.53 Å². The minimum absolute atomic E-state index is 0.381. The zero-order valence-corrected chi connectivity index (χ0v) is 12.7. The molecule has 0 bridgehead atoms. The summed E-state index contributed by atoms with van der Waals surface area (Å²) >= 11 is 0. The minimum Gasteiger partial charge on any atom is -0.444 e. The number of hydrogen-bond donors (Lipinski definition) is 1. The molecule has 0 spiro atoms. The van der Waals surface area contributed by atoms with Crippen LogP contribution in [-0.2, 0) is 11.3 Å². The zero-order chi connectivity index (χ0) is 14.6. The van der Waals surface area contributed by atoms with Gasteiger partial charge in [0.05, 0.1) is 18.6 Å². The summed E-state index contributed by atoms with van der Waals surface area (Å²) in [6.07, 6.45) is 9.62. The van der Waals surface area contributed by atoms with Crippen LogP contribution in [-0.4, -0.2) is 21.2 Å². The molecule has 112 valence electrons. The van der Waals surface area contributed by atoms with Crippen molar-refractivity contribution in [3.05, 3.63) is 18.2 Å². The summed E-state index contributed by atoms with van der Waals surface area (Å²) in [5, 5.41) is 2.80. The molecule has 1 aliphatic rings. The monoisotopic (exact) mass is 279 g/mol. The van der Waals surface area contributed by atoms with Crippen LogP contribution in [0.1, 0.15) is 64.6 Å². The van der Waals surface area contributed by atoms with Gasteiger partial charge in [0.15, 0.2) is 0 Å². The first kappa shape index (κ1) is 14.9. The van der Waals surface area contributed by atoms with Crippen LogP contribution in [0, 0.1) is 0 Å². The lowest BCUT2D eigenvalue weighted by molar-refractivity contribution is 0.0522. The van der Waals surface area contributed by atoms with Crippen LogP contribution in [0.15, 0.2) is 12.5 Å². The van der Waals surface area contributed by atoms with Crippen molar-refractivity contribution in [3.8, 4) is 0 Å². The number of nitrogens with one attached hydrogen (secondary N) is 1. The van der Waals surface area contributed by atoms with E-state index in [9.17, 15) is 4.79 Å². The first-order valence-corrected chi connectivity index (χ1v) is 7.43. The molecule has 1 heterocycles. The van der Waals surface area contributed by atoms with E-state index in [1.807, 2.05) is 33.3 Å². The molecule has 0 radical (unpaired) electrons. The number of imidazole rings is 1. The van der Waals surface area contributed by atoms with E-state index in [0.29, 0.717) is 12.6 Å². The standard InChI is InChI=1S/C15H25N3O2/c1-15(2,3)20-14(19)17-10-13-9-16-11-18(13)12-7-5-4-6-8-12/h9,11-12H,4-8,10H2,1-3H3,(H,17,19). The molecule has 1 aromatic heterocycles. The number of alkyl carbamates (subject to hydrolysis) is 1. The van der Waals surface area contributed by atoms with Crippen LogP contribution in [0.4, 0.5) is 4.79 Å². The summed E-state index contributed by atoms with van der Waals surface area (Å²) < 4.78 is 7.45. The Bertz CT molecular complexity index is 442. The molecular weight excluding hydrogens is 254 g/mol. The van der Waals surface area contributed by atoms with Gasteiger partial charge in [-0.15, -0.1) is 0 Å². The van der Waals surface area contributed by atoms with Gasteiger partial charge < -0.3 is 14.6 Å². The lowest BCUT2D eigenvalue weighted by Gasteiger charge is -2.25. The molecule has 1 amide bonds. The van der Waals surface area contributed by atoms with Gasteiger partial charge in [-0.2, -0.15) is 0 Å². The minimum atomic E-state index is -0.465. The SMILES string of the molecule is CC(C)(C)OC(=O)NCc1cncn1C1CCCCC1. The van der Waals surface area contributed by atoms with Gasteiger partial charge in [-0.3, -0.25) is 0 Å². The summed E-state index contributed by atoms with van der Waals surface area (Å²) in [5.41, 5.74) is 0.580. The van der Waals surface area contributed by atoms with Gasteiger partial charge in [0.1, 0.15) is 5.60 Å². The summed E-state index contributed by atoms with van der Waals surface area (Å²) in [6.45, 7) is 6.04. The maximum absolute atomic E-state index is 11.7. The quantitative estimate of drug-likeness (QED) is 0.922. The largest absolute Gasteiger partial charge is 0.444 e. The molecule has 1 saturated carbocycles. The number of carbonyl (C=O) groups excluding carboxylic acids is 1. The molecule has 5 nitrogen and oxygen atoms in total. The smallest absolute Gasteiger partial charge is 0.407 e. The molecular formula is C15H25N3O2. The van der Waals surface area contributed by atoms with Crippen molar-refractivity contribution in [2.24, 2.45) is 0 Å². The fraction of sp³-hybridized carbons (Fsp3) is 0.733. The van der Waals surface area contributed by atoms with Crippen molar-refractivity contribution in [1.82, 2.24) is 14.9 Å². The first-order chi connectivity index (χ1) is 9.46. The van der Waals surface area contributed by atoms with E-state index in [2.05, 4.69) is 14.9 Å². The second-order valence-electron chi connectivity index (χ2n) is 6.44. The highest BCUT2D eigenvalue weighted by molar-refractivity contribution is 5.67. The topological polar surface area (TPSA) is 56.1 Å². The fourth-order valence-corrected chi connectivity index (χ4v) is 2.63. The van der Waals surface area contributed by atoms with Gasteiger partial charge in [0, 0.05) is 12.2 Å². The van der Waals surface area contributed by atoms with E-state index >= 15 is 0 Å². The van der Waals surface area contributed by atoms with E-state index < -0.39 is 5.60 Å². The maximum atomic E-state index is 11.7. The molecule has 20 heavy (non-hydrogen) atoms. The highest BCUT2D eigenvalue weighted by atomic mass is 16.6. The Hall–Kier alpha value is -1.52. The average molecular weight is 279 g/mol. The van der Waals surface area contributed by atoms with Gasteiger partial charge in [-0.1, -0.05) is 19.3 Å². The third kappa shape index (κ3) is 4.25. The van der Waals surface area contributed by atoms with Crippen LogP contribution in [0.3, 0.4) is 0 Å². The highest BCUT2D eigenvalue weighted by Crippen LogP contribution is 2.28. The summed E-state index contributed by atoms with van der Waals surface area (Å²) in [5.74, 6) is 0. The van der Waals surface area contributed by atoms with Crippen molar-refractivity contribution in [3.63, 3.8) is 0 Å². The van der Waals surface area contributed by atoms with E-state index in [1.165, 1.54) is 32.1 Å². The van der Waals surface area contributed by atoms with Crippen LogP contribution in [0.5, 0.6) is 0 Å². The molecule has 1 aliphatic carbocycles. The maximum Gasteiger partial charge on any atom is 0.407 e. The second kappa shape index (κ2) is 6.29. The number of aromatic nitrogens is 2. The van der Waals surface area contributed by atoms with E-state index in [4.69, 9.17) is 4.74 Å². The Morgan fingerprint density at radius 2 is 2.10 bits per heavy atom. The highest BCUT2D eigenvalue weighted by Gasteiger charge is 2.19. The van der Waals surface area contributed by atoms with Crippen molar-refractivity contribution in [2.75, 3.05) is 0 Å². The number of ether oxygens (including phenoxy) is 1. The number of carbonyl (C=O) groups is 1. The van der Waals surface area contributed by atoms with Gasteiger partial charge in [-0.25, -0.2) is 9.78 Å². The lowest BCUT2D eigenvalue weighted by atomic mass is 9.95. The van der Waals surface area contributed by atoms with Crippen molar-refractivity contribution in [2.45, 2.75) is 71.1 Å². The molecule has 0 saturated heterocycles. The Labute approximate surface area is 120 Å². The molecule has 1 N–H and O–H groups in total. The van der Waals surface area contributed by atoms with Gasteiger partial charge in [0.2, 0.25) is 0 Å². The summed E-state index contributed by atoms with van der Waals surface area (Å²) in [6, 6.07) is 0.529. The molecule has 0 unspecified atom stereocenters. The summed E-state index contributed by atoms with van der Waals surface area (Å²) in [7, 11) is 0. The average Bonchev–Trinajstić information content (AvgIpc) is 2.83. The number of amides is 1. The van der Waals surface area contributed by atoms with Gasteiger partial charge >= 0.3 is 6.09 Å². The van der Waals surface area contributed by atoms with E-state index in [0.717, 1.165) is 5.69 Å². The number of hydrogen-bond acceptors (Lipinski definition) is 3. The molecule has 0 aliphatic heterocycles. The van der Waals surface area contributed by atoms with Gasteiger partial charge in [-0.05, 0) is 33.6 Å². The second-order valence-corrected chi connectivity index (χ2v) is 6.44. The van der Waals surface area contributed by atoms with Gasteiger partial charge in [0.25, 0.3) is 0 Å². The number of rotatable bonds is 3. The van der Waals surface area contributed by atoms with E-state index in [1.54, 1.807) is 0 Å². The van der Waals surface area contributed by atoms with Crippen molar-refractivity contribution >= 4 is 6.09 Å². The first-order valence-electron chi connectivity index (χ1n) is 7.43.